The molecule has 1 N–H and O–H groups in total. The van der Waals surface area contributed by atoms with Gasteiger partial charge in [0.15, 0.2) is 0 Å². The van der Waals surface area contributed by atoms with Gasteiger partial charge in [0.1, 0.15) is 0 Å². The molecule has 0 fully saturated rings. The van der Waals surface area contributed by atoms with Crippen molar-refractivity contribution in [3.63, 3.8) is 0 Å². The zero-order chi connectivity index (χ0) is 12.3. The van der Waals surface area contributed by atoms with Crippen LogP contribution in [0.3, 0.4) is 0 Å². The first-order chi connectivity index (χ1) is 7.49. The third-order valence-corrected chi connectivity index (χ3v) is 2.74. The molecule has 16 heavy (non-hydrogen) atoms. The zero-order valence-electron chi connectivity index (χ0n) is 9.82. The van der Waals surface area contributed by atoms with Crippen molar-refractivity contribution >= 4 is 11.8 Å². The van der Waals surface area contributed by atoms with Gasteiger partial charge in [0.05, 0.1) is 12.7 Å². The number of rotatable bonds is 5. The maximum Gasteiger partial charge on any atom is 0.256 e. The summed E-state index contributed by atoms with van der Waals surface area (Å²) >= 11 is 0. The first-order valence-corrected chi connectivity index (χ1v) is 5.19. The predicted octanol–water partition coefficient (Wildman–Crippen LogP) is 0.0890. The molecule has 5 heteroatoms. The lowest BCUT2D eigenvalue weighted by atomic mass is 10.2. The predicted molar refractivity (Wildman–Crippen MR) is 57.6 cm³/mol. The van der Waals surface area contributed by atoms with Gasteiger partial charge in [-0.1, -0.05) is 0 Å². The van der Waals surface area contributed by atoms with Gasteiger partial charge in [-0.3, -0.25) is 14.5 Å². The molecule has 2 amide bonds. The van der Waals surface area contributed by atoms with E-state index < -0.39 is 6.10 Å². The fourth-order valence-corrected chi connectivity index (χ4v) is 1.57. The van der Waals surface area contributed by atoms with E-state index in [1.807, 2.05) is 0 Å². The van der Waals surface area contributed by atoms with Crippen LogP contribution in [0.5, 0.6) is 0 Å². The van der Waals surface area contributed by atoms with Crippen LogP contribution in [0.15, 0.2) is 11.1 Å². The standard InChI is InChI=1S/C11H17NO4/c1-7-8(2)11(15)12(10(7)14)5-4-9(13)6-16-3/h9,13H,4-6H2,1-3H3. The number of carbonyl (C=O) groups is 2. The average Bonchev–Trinajstić information content (AvgIpc) is 2.42. The number of ether oxygens (including phenoxy) is 1. The molecule has 0 aliphatic carbocycles. The van der Waals surface area contributed by atoms with E-state index >= 15 is 0 Å². The van der Waals surface area contributed by atoms with Gasteiger partial charge in [-0.05, 0) is 20.3 Å². The fraction of sp³-hybridized carbons (Fsp3) is 0.636. The van der Waals surface area contributed by atoms with Crippen LogP contribution < -0.4 is 0 Å². The minimum Gasteiger partial charge on any atom is -0.391 e. The fourth-order valence-electron chi connectivity index (χ4n) is 1.57. The molecule has 1 atom stereocenters. The third-order valence-electron chi connectivity index (χ3n) is 2.74. The van der Waals surface area contributed by atoms with Gasteiger partial charge >= 0.3 is 0 Å². The van der Waals surface area contributed by atoms with Crippen LogP contribution in [0.25, 0.3) is 0 Å². The Morgan fingerprint density at radius 3 is 2.19 bits per heavy atom. The normalized spacial score (nSPS) is 18.6. The van der Waals surface area contributed by atoms with Gasteiger partial charge in [0.25, 0.3) is 11.8 Å². The van der Waals surface area contributed by atoms with Crippen molar-refractivity contribution in [1.82, 2.24) is 4.90 Å². The van der Waals surface area contributed by atoms with Crippen molar-refractivity contribution in [3.05, 3.63) is 11.1 Å². The summed E-state index contributed by atoms with van der Waals surface area (Å²) in [6.45, 7) is 3.72. The summed E-state index contributed by atoms with van der Waals surface area (Å²) in [4.78, 5) is 24.4. The number of nitrogens with zero attached hydrogens (tertiary/aromatic N) is 1. The van der Waals surface area contributed by atoms with Gasteiger partial charge in [-0.2, -0.15) is 0 Å². The molecule has 1 rings (SSSR count). The molecule has 1 unspecified atom stereocenters. The highest BCUT2D eigenvalue weighted by atomic mass is 16.5. The number of carbonyl (C=O) groups excluding carboxylic acids is 2. The molecule has 0 bridgehead atoms. The molecule has 0 saturated heterocycles. The van der Waals surface area contributed by atoms with E-state index in [2.05, 4.69) is 0 Å². The Morgan fingerprint density at radius 2 is 1.75 bits per heavy atom. The quantitative estimate of drug-likeness (QED) is 0.676. The molecule has 0 spiro atoms. The van der Waals surface area contributed by atoms with E-state index in [4.69, 9.17) is 4.74 Å². The highest BCUT2D eigenvalue weighted by Crippen LogP contribution is 2.19. The topological polar surface area (TPSA) is 66.8 Å². The Labute approximate surface area is 94.7 Å². The van der Waals surface area contributed by atoms with Crippen LogP contribution in [-0.2, 0) is 14.3 Å². The molecule has 0 radical (unpaired) electrons. The van der Waals surface area contributed by atoms with Gasteiger partial charge in [0, 0.05) is 24.8 Å². The second-order valence-electron chi connectivity index (χ2n) is 3.91. The number of aliphatic hydroxyl groups is 1. The molecule has 1 aliphatic heterocycles. The number of aliphatic hydroxyl groups excluding tert-OH is 1. The van der Waals surface area contributed by atoms with Crippen LogP contribution in [0.1, 0.15) is 20.3 Å². The van der Waals surface area contributed by atoms with Crippen molar-refractivity contribution in [2.45, 2.75) is 26.4 Å². The Hall–Kier alpha value is -1.20. The number of hydrogen-bond donors (Lipinski definition) is 1. The molecule has 1 aliphatic rings. The van der Waals surface area contributed by atoms with Gasteiger partial charge < -0.3 is 9.84 Å². The van der Waals surface area contributed by atoms with Crippen LogP contribution in [-0.4, -0.2) is 48.2 Å². The minimum atomic E-state index is -0.646. The van der Waals surface area contributed by atoms with E-state index in [1.54, 1.807) is 13.8 Å². The molecule has 90 valence electrons. The molecule has 5 nitrogen and oxygen atoms in total. The zero-order valence-corrected chi connectivity index (χ0v) is 9.82. The maximum absolute atomic E-state index is 11.6. The lowest BCUT2D eigenvalue weighted by Crippen LogP contribution is -2.34. The highest BCUT2D eigenvalue weighted by molar-refractivity contribution is 6.18. The Kier molecular flexibility index (Phi) is 4.20. The van der Waals surface area contributed by atoms with Crippen LogP contribution in [0.2, 0.25) is 0 Å². The summed E-state index contributed by atoms with van der Waals surface area (Å²) < 4.78 is 4.77. The Bertz CT molecular complexity index is 311. The third kappa shape index (κ3) is 2.48. The number of methoxy groups -OCH3 is 1. The van der Waals surface area contributed by atoms with Crippen molar-refractivity contribution < 1.29 is 19.4 Å². The largest absolute Gasteiger partial charge is 0.391 e. The van der Waals surface area contributed by atoms with Crippen molar-refractivity contribution in [2.24, 2.45) is 0 Å². The Balaban J connectivity index is 2.52. The second kappa shape index (κ2) is 5.23. The molecular weight excluding hydrogens is 210 g/mol. The van der Waals surface area contributed by atoms with Crippen LogP contribution in [0.4, 0.5) is 0 Å². The monoisotopic (exact) mass is 227 g/mol. The first-order valence-electron chi connectivity index (χ1n) is 5.19. The molecule has 0 aromatic carbocycles. The lowest BCUT2D eigenvalue weighted by Gasteiger charge is -2.16. The van der Waals surface area contributed by atoms with E-state index in [1.165, 1.54) is 12.0 Å². The van der Waals surface area contributed by atoms with Crippen LogP contribution in [0, 0.1) is 0 Å². The first kappa shape index (κ1) is 12.9. The molecule has 0 aromatic rings. The Morgan fingerprint density at radius 1 is 1.25 bits per heavy atom. The summed E-state index contributed by atoms with van der Waals surface area (Å²) in [5.74, 6) is -0.515. The smallest absolute Gasteiger partial charge is 0.256 e. The molecule has 0 aromatic heterocycles. The molecular formula is C11H17NO4. The summed E-state index contributed by atoms with van der Waals surface area (Å²) in [5.41, 5.74) is 0.984. The van der Waals surface area contributed by atoms with Gasteiger partial charge in [-0.25, -0.2) is 0 Å². The average molecular weight is 227 g/mol. The summed E-state index contributed by atoms with van der Waals surface area (Å²) in [6, 6.07) is 0. The van der Waals surface area contributed by atoms with E-state index in [-0.39, 0.29) is 25.0 Å². The van der Waals surface area contributed by atoms with E-state index in [0.717, 1.165) is 0 Å². The van der Waals surface area contributed by atoms with Crippen molar-refractivity contribution in [3.8, 4) is 0 Å². The maximum atomic E-state index is 11.6. The molecule has 1 heterocycles. The highest BCUT2D eigenvalue weighted by Gasteiger charge is 2.32. The summed E-state index contributed by atoms with van der Waals surface area (Å²) in [5, 5.41) is 9.43. The van der Waals surface area contributed by atoms with Crippen molar-refractivity contribution in [2.75, 3.05) is 20.3 Å². The summed E-state index contributed by atoms with van der Waals surface area (Å²) in [6.07, 6.45) is -0.307. The van der Waals surface area contributed by atoms with E-state index in [0.29, 0.717) is 17.6 Å². The van der Waals surface area contributed by atoms with Crippen molar-refractivity contribution in [1.29, 1.82) is 0 Å². The minimum absolute atomic E-state index is 0.210. The van der Waals surface area contributed by atoms with E-state index in [9.17, 15) is 14.7 Å². The lowest BCUT2D eigenvalue weighted by molar-refractivity contribution is -0.138. The van der Waals surface area contributed by atoms with Gasteiger partial charge in [-0.15, -0.1) is 0 Å². The SMILES string of the molecule is COCC(O)CCN1C(=O)C(C)=C(C)C1=O. The number of amides is 2. The number of imide groups is 1. The summed E-state index contributed by atoms with van der Waals surface area (Å²) in [7, 11) is 1.49. The molecule has 0 saturated carbocycles. The number of hydrogen-bond acceptors (Lipinski definition) is 4. The van der Waals surface area contributed by atoms with Crippen LogP contribution >= 0.6 is 0 Å². The second-order valence-corrected chi connectivity index (χ2v) is 3.91. The van der Waals surface area contributed by atoms with Gasteiger partial charge in [0.2, 0.25) is 0 Å².